The van der Waals surface area contributed by atoms with Gasteiger partial charge in [0.15, 0.2) is 0 Å². The van der Waals surface area contributed by atoms with Gasteiger partial charge in [0.2, 0.25) is 5.91 Å². The third kappa shape index (κ3) is 2.61. The summed E-state index contributed by atoms with van der Waals surface area (Å²) in [6.07, 6.45) is 8.68. The number of amides is 1. The third-order valence-electron chi connectivity index (χ3n) is 3.57. The molecular formula is C17H16N4O. The maximum atomic E-state index is 11.4. The van der Waals surface area contributed by atoms with Gasteiger partial charge in [0.1, 0.15) is 0 Å². The van der Waals surface area contributed by atoms with Crippen LogP contribution < -0.4 is 5.32 Å². The van der Waals surface area contributed by atoms with Crippen LogP contribution >= 0.6 is 0 Å². The van der Waals surface area contributed by atoms with Crippen LogP contribution in [0.1, 0.15) is 5.56 Å². The lowest BCUT2D eigenvalue weighted by molar-refractivity contribution is -0.115. The SMILES string of the molecule is CNC(=O)/C=C/c1ccncc1-c1ccc2c(cnn2C)c1. The highest BCUT2D eigenvalue weighted by molar-refractivity contribution is 5.93. The van der Waals surface area contributed by atoms with Gasteiger partial charge in [0.05, 0.1) is 11.7 Å². The van der Waals surface area contributed by atoms with E-state index in [4.69, 9.17) is 0 Å². The van der Waals surface area contributed by atoms with Crippen LogP contribution in [-0.4, -0.2) is 27.7 Å². The van der Waals surface area contributed by atoms with E-state index in [0.29, 0.717) is 0 Å². The summed E-state index contributed by atoms with van der Waals surface area (Å²) in [5.74, 6) is -0.134. The first-order valence-corrected chi connectivity index (χ1v) is 6.95. The van der Waals surface area contributed by atoms with E-state index >= 15 is 0 Å². The molecule has 0 aliphatic rings. The molecule has 0 aliphatic carbocycles. The van der Waals surface area contributed by atoms with Gasteiger partial charge in [-0.1, -0.05) is 6.07 Å². The molecule has 0 fully saturated rings. The number of hydrogen-bond acceptors (Lipinski definition) is 3. The quantitative estimate of drug-likeness (QED) is 0.754. The minimum absolute atomic E-state index is 0.134. The molecule has 0 saturated heterocycles. The summed E-state index contributed by atoms with van der Waals surface area (Å²) in [5.41, 5.74) is 4.05. The van der Waals surface area contributed by atoms with Crippen LogP contribution in [0, 0.1) is 0 Å². The lowest BCUT2D eigenvalue weighted by atomic mass is 10.0. The molecule has 0 unspecified atom stereocenters. The summed E-state index contributed by atoms with van der Waals surface area (Å²) in [6, 6.07) is 8.05. The number of rotatable bonds is 3. The maximum absolute atomic E-state index is 11.4. The van der Waals surface area contributed by atoms with Crippen molar-refractivity contribution in [1.82, 2.24) is 20.1 Å². The first-order chi connectivity index (χ1) is 10.7. The molecule has 110 valence electrons. The normalized spacial score (nSPS) is 11.2. The second-order valence-corrected chi connectivity index (χ2v) is 4.95. The van der Waals surface area contributed by atoms with Crippen molar-refractivity contribution in [2.24, 2.45) is 7.05 Å². The van der Waals surface area contributed by atoms with Crippen LogP contribution in [0.4, 0.5) is 0 Å². The zero-order valence-electron chi connectivity index (χ0n) is 12.4. The molecule has 2 heterocycles. The molecule has 0 saturated carbocycles. The topological polar surface area (TPSA) is 59.8 Å². The molecule has 3 rings (SSSR count). The van der Waals surface area contributed by atoms with Crippen molar-refractivity contribution in [1.29, 1.82) is 0 Å². The monoisotopic (exact) mass is 292 g/mol. The Balaban J connectivity index is 2.06. The molecule has 2 aromatic heterocycles. The summed E-state index contributed by atoms with van der Waals surface area (Å²) in [7, 11) is 3.53. The second-order valence-electron chi connectivity index (χ2n) is 4.95. The van der Waals surface area contributed by atoms with Crippen molar-refractivity contribution in [2.45, 2.75) is 0 Å². The van der Waals surface area contributed by atoms with Crippen molar-refractivity contribution < 1.29 is 4.79 Å². The third-order valence-corrected chi connectivity index (χ3v) is 3.57. The molecule has 1 amide bonds. The maximum Gasteiger partial charge on any atom is 0.243 e. The molecule has 0 bridgehead atoms. The van der Waals surface area contributed by atoms with Crippen LogP contribution in [0.15, 0.2) is 48.9 Å². The standard InChI is InChI=1S/C17H16N4O/c1-18-17(22)6-4-12-7-8-19-11-15(12)13-3-5-16-14(9-13)10-20-21(16)2/h3-11H,1-2H3,(H,18,22)/b6-4+. The highest BCUT2D eigenvalue weighted by Gasteiger charge is 2.06. The summed E-state index contributed by atoms with van der Waals surface area (Å²) in [5, 5.41) is 7.90. The van der Waals surface area contributed by atoms with E-state index in [1.54, 1.807) is 25.5 Å². The zero-order chi connectivity index (χ0) is 15.5. The van der Waals surface area contributed by atoms with Crippen LogP contribution in [0.2, 0.25) is 0 Å². The van der Waals surface area contributed by atoms with Crippen molar-refractivity contribution in [3.05, 3.63) is 54.5 Å². The Labute approximate surface area is 128 Å². The van der Waals surface area contributed by atoms with Crippen LogP contribution in [0.25, 0.3) is 28.1 Å². The lowest BCUT2D eigenvalue weighted by Crippen LogP contribution is -2.13. The first kappa shape index (κ1) is 14.0. The molecule has 0 radical (unpaired) electrons. The summed E-state index contributed by atoms with van der Waals surface area (Å²) in [4.78, 5) is 15.6. The van der Waals surface area contributed by atoms with Gasteiger partial charge in [-0.2, -0.15) is 5.10 Å². The molecule has 0 spiro atoms. The number of hydrogen-bond donors (Lipinski definition) is 1. The molecule has 5 heteroatoms. The van der Waals surface area contributed by atoms with Gasteiger partial charge in [-0.15, -0.1) is 0 Å². The number of likely N-dealkylation sites (N-methyl/N-ethyl adjacent to an activating group) is 1. The minimum Gasteiger partial charge on any atom is -0.356 e. The molecule has 3 aromatic rings. The molecule has 1 N–H and O–H groups in total. The summed E-state index contributed by atoms with van der Waals surface area (Å²) >= 11 is 0. The second kappa shape index (κ2) is 5.81. The van der Waals surface area contributed by atoms with Crippen LogP contribution in [-0.2, 0) is 11.8 Å². The van der Waals surface area contributed by atoms with Gasteiger partial charge in [-0.3, -0.25) is 14.5 Å². The smallest absolute Gasteiger partial charge is 0.243 e. The number of carbonyl (C=O) groups excluding carboxylic acids is 1. The van der Waals surface area contributed by atoms with Gasteiger partial charge in [0, 0.05) is 43.5 Å². The fraction of sp³-hybridized carbons (Fsp3) is 0.118. The number of carbonyl (C=O) groups is 1. The van der Waals surface area contributed by atoms with Gasteiger partial charge < -0.3 is 5.32 Å². The van der Waals surface area contributed by atoms with Gasteiger partial charge in [0.25, 0.3) is 0 Å². The Morgan fingerprint density at radius 1 is 1.27 bits per heavy atom. The lowest BCUT2D eigenvalue weighted by Gasteiger charge is -2.06. The number of nitrogens with one attached hydrogen (secondary N) is 1. The largest absolute Gasteiger partial charge is 0.356 e. The first-order valence-electron chi connectivity index (χ1n) is 6.95. The highest BCUT2D eigenvalue weighted by Crippen LogP contribution is 2.27. The number of aryl methyl sites for hydroxylation is 1. The average Bonchev–Trinajstić information content (AvgIpc) is 2.93. The molecule has 22 heavy (non-hydrogen) atoms. The average molecular weight is 292 g/mol. The number of aromatic nitrogens is 3. The minimum atomic E-state index is -0.134. The van der Waals surface area contributed by atoms with E-state index in [0.717, 1.165) is 27.6 Å². The molecule has 0 atom stereocenters. The predicted molar refractivity (Wildman–Crippen MR) is 87.0 cm³/mol. The summed E-state index contributed by atoms with van der Waals surface area (Å²) in [6.45, 7) is 0. The van der Waals surface area contributed by atoms with Gasteiger partial charge in [-0.25, -0.2) is 0 Å². The van der Waals surface area contributed by atoms with E-state index in [2.05, 4.69) is 21.5 Å². The molecule has 1 aromatic carbocycles. The molecule has 0 aliphatic heterocycles. The molecule has 5 nitrogen and oxygen atoms in total. The number of fused-ring (bicyclic) bond motifs is 1. The van der Waals surface area contributed by atoms with E-state index in [1.165, 1.54) is 6.08 Å². The van der Waals surface area contributed by atoms with Crippen molar-refractivity contribution in [2.75, 3.05) is 7.05 Å². The van der Waals surface area contributed by atoms with E-state index < -0.39 is 0 Å². The van der Waals surface area contributed by atoms with Gasteiger partial charge in [-0.05, 0) is 35.4 Å². The number of nitrogens with zero attached hydrogens (tertiary/aromatic N) is 3. The Bertz CT molecular complexity index is 864. The number of benzene rings is 1. The van der Waals surface area contributed by atoms with Gasteiger partial charge >= 0.3 is 0 Å². The van der Waals surface area contributed by atoms with Crippen molar-refractivity contribution in [3.8, 4) is 11.1 Å². The van der Waals surface area contributed by atoms with Crippen LogP contribution in [0.5, 0.6) is 0 Å². The zero-order valence-corrected chi connectivity index (χ0v) is 12.4. The molecular weight excluding hydrogens is 276 g/mol. The fourth-order valence-electron chi connectivity index (χ4n) is 2.37. The van der Waals surface area contributed by atoms with Crippen LogP contribution in [0.3, 0.4) is 0 Å². The predicted octanol–water partition coefficient (Wildman–Crippen LogP) is 2.39. The summed E-state index contributed by atoms with van der Waals surface area (Å²) < 4.78 is 1.84. The number of pyridine rings is 1. The fourth-order valence-corrected chi connectivity index (χ4v) is 2.37. The van der Waals surface area contributed by atoms with E-state index in [9.17, 15) is 4.79 Å². The van der Waals surface area contributed by atoms with E-state index in [1.807, 2.05) is 36.1 Å². The Morgan fingerprint density at radius 2 is 2.14 bits per heavy atom. The van der Waals surface area contributed by atoms with Crippen molar-refractivity contribution >= 4 is 22.9 Å². The Morgan fingerprint density at radius 3 is 2.95 bits per heavy atom. The van der Waals surface area contributed by atoms with E-state index in [-0.39, 0.29) is 5.91 Å². The Hall–Kier alpha value is -2.95. The Kier molecular flexibility index (Phi) is 3.70. The van der Waals surface area contributed by atoms with Crippen molar-refractivity contribution in [3.63, 3.8) is 0 Å². The highest BCUT2D eigenvalue weighted by atomic mass is 16.1.